The van der Waals surface area contributed by atoms with Crippen LogP contribution in [0.1, 0.15) is 0 Å². The zero-order valence-electron chi connectivity index (χ0n) is 10.8. The van der Waals surface area contributed by atoms with Crippen LogP contribution in [0.15, 0.2) is 18.5 Å². The molecule has 20 heavy (non-hydrogen) atoms. The largest absolute Gasteiger partial charge is 0.396 e. The lowest BCUT2D eigenvalue weighted by Crippen LogP contribution is -2.36. The molecule has 0 aliphatic carbocycles. The molecule has 0 saturated carbocycles. The van der Waals surface area contributed by atoms with Crippen molar-refractivity contribution in [3.8, 4) is 5.69 Å². The zero-order valence-corrected chi connectivity index (χ0v) is 10.8. The van der Waals surface area contributed by atoms with Crippen molar-refractivity contribution in [2.45, 2.75) is 0 Å². The van der Waals surface area contributed by atoms with Gasteiger partial charge in [0.25, 0.3) is 0 Å². The molecule has 2 aromatic rings. The highest BCUT2D eigenvalue weighted by atomic mass is 19.1. The molecule has 0 unspecified atom stereocenters. The fraction of sp³-hybridized carbons (Fsp3) is 0.333. The van der Waals surface area contributed by atoms with Crippen LogP contribution >= 0.6 is 0 Å². The summed E-state index contributed by atoms with van der Waals surface area (Å²) in [7, 11) is 0. The molecule has 0 spiro atoms. The van der Waals surface area contributed by atoms with E-state index in [-0.39, 0.29) is 5.82 Å². The average molecular weight is 278 g/mol. The molecule has 0 aromatic carbocycles. The minimum Gasteiger partial charge on any atom is -0.396 e. The van der Waals surface area contributed by atoms with Gasteiger partial charge < -0.3 is 21.1 Å². The summed E-state index contributed by atoms with van der Waals surface area (Å²) in [6.45, 7) is 2.80. The first kappa shape index (κ1) is 12.7. The molecule has 0 bridgehead atoms. The van der Waals surface area contributed by atoms with Crippen molar-refractivity contribution in [2.75, 3.05) is 42.7 Å². The van der Waals surface area contributed by atoms with Crippen molar-refractivity contribution >= 4 is 17.3 Å². The third-order valence-corrected chi connectivity index (χ3v) is 3.22. The molecular weight excluding hydrogens is 263 g/mol. The molecule has 2 aromatic heterocycles. The highest BCUT2D eigenvalue weighted by Gasteiger charge is 2.16. The minimum absolute atomic E-state index is 0.0733. The fourth-order valence-electron chi connectivity index (χ4n) is 2.12. The number of anilines is 3. The molecule has 0 radical (unpaired) electrons. The van der Waals surface area contributed by atoms with E-state index in [0.717, 1.165) is 25.1 Å². The number of hydrogen-bond acceptors (Lipinski definition) is 6. The third kappa shape index (κ3) is 2.14. The Morgan fingerprint density at radius 1 is 1.20 bits per heavy atom. The van der Waals surface area contributed by atoms with E-state index in [1.807, 2.05) is 0 Å². The molecule has 1 aliphatic rings. The van der Waals surface area contributed by atoms with E-state index in [1.54, 1.807) is 6.07 Å². The number of hydrogen-bond donors (Lipinski definition) is 2. The lowest BCUT2D eigenvalue weighted by Gasteiger charge is -2.28. The van der Waals surface area contributed by atoms with Crippen LogP contribution in [0.5, 0.6) is 0 Å². The molecule has 1 aliphatic heterocycles. The molecule has 0 atom stereocenters. The lowest BCUT2D eigenvalue weighted by atomic mass is 10.3. The van der Waals surface area contributed by atoms with Gasteiger partial charge in [-0.3, -0.25) is 0 Å². The van der Waals surface area contributed by atoms with Crippen molar-refractivity contribution in [1.29, 1.82) is 0 Å². The first-order chi connectivity index (χ1) is 9.66. The van der Waals surface area contributed by atoms with Gasteiger partial charge in [-0.2, -0.15) is 5.10 Å². The Hall–Kier alpha value is -2.35. The van der Waals surface area contributed by atoms with Gasteiger partial charge in [0.05, 0.1) is 37.0 Å². The maximum Gasteiger partial charge on any atom is 0.185 e. The summed E-state index contributed by atoms with van der Waals surface area (Å²) >= 11 is 0. The molecule has 3 heterocycles. The van der Waals surface area contributed by atoms with E-state index in [4.69, 9.17) is 16.2 Å². The standard InChI is InChI=1S/C12H15FN6O/c13-8-6-17-19(12(8)15)10-5-11(16-7-9(10)14)18-1-3-20-4-2-18/h5-7H,1-4,14-15H2. The molecule has 1 saturated heterocycles. The number of aromatic nitrogens is 3. The molecule has 106 valence electrons. The van der Waals surface area contributed by atoms with Gasteiger partial charge in [0, 0.05) is 19.2 Å². The van der Waals surface area contributed by atoms with Crippen LogP contribution in [0.2, 0.25) is 0 Å². The van der Waals surface area contributed by atoms with Crippen molar-refractivity contribution in [1.82, 2.24) is 14.8 Å². The van der Waals surface area contributed by atoms with E-state index >= 15 is 0 Å². The number of nitrogen functional groups attached to an aromatic ring is 2. The summed E-state index contributed by atoms with van der Waals surface area (Å²) in [5.41, 5.74) is 12.4. The second-order valence-corrected chi connectivity index (χ2v) is 4.49. The molecule has 4 N–H and O–H groups in total. The molecule has 3 rings (SSSR count). The number of pyridine rings is 1. The summed E-state index contributed by atoms with van der Waals surface area (Å²) in [6.07, 6.45) is 2.59. The van der Waals surface area contributed by atoms with Gasteiger partial charge in [0.1, 0.15) is 5.82 Å². The lowest BCUT2D eigenvalue weighted by molar-refractivity contribution is 0.122. The normalized spacial score (nSPS) is 15.6. The maximum atomic E-state index is 13.3. The van der Waals surface area contributed by atoms with Crippen LogP contribution in [0.4, 0.5) is 21.7 Å². The Labute approximate surface area is 114 Å². The van der Waals surface area contributed by atoms with E-state index < -0.39 is 5.82 Å². The van der Waals surface area contributed by atoms with Crippen molar-refractivity contribution in [3.63, 3.8) is 0 Å². The summed E-state index contributed by atoms with van der Waals surface area (Å²) in [4.78, 5) is 6.37. The molecule has 1 fully saturated rings. The second-order valence-electron chi connectivity index (χ2n) is 4.49. The number of halogens is 1. The first-order valence-electron chi connectivity index (χ1n) is 6.24. The number of ether oxygens (including phenoxy) is 1. The summed E-state index contributed by atoms with van der Waals surface area (Å²) < 4.78 is 19.9. The number of nitrogens with zero attached hydrogens (tertiary/aromatic N) is 4. The van der Waals surface area contributed by atoms with E-state index in [0.29, 0.717) is 24.6 Å². The van der Waals surface area contributed by atoms with Gasteiger partial charge in [-0.25, -0.2) is 14.1 Å². The quantitative estimate of drug-likeness (QED) is 0.826. The number of morpholine rings is 1. The minimum atomic E-state index is -0.575. The molecular formula is C12H15FN6O. The van der Waals surface area contributed by atoms with Crippen LogP contribution in [0.25, 0.3) is 5.69 Å². The van der Waals surface area contributed by atoms with Crippen LogP contribution in [0, 0.1) is 5.82 Å². The van der Waals surface area contributed by atoms with Gasteiger partial charge in [0.15, 0.2) is 11.6 Å². The van der Waals surface area contributed by atoms with Gasteiger partial charge in [-0.05, 0) is 0 Å². The Kier molecular flexibility index (Phi) is 3.15. The van der Waals surface area contributed by atoms with Crippen molar-refractivity contribution in [2.24, 2.45) is 0 Å². The van der Waals surface area contributed by atoms with E-state index in [2.05, 4.69) is 15.0 Å². The summed E-state index contributed by atoms with van der Waals surface area (Å²) in [5.74, 6) is 0.0952. The van der Waals surface area contributed by atoms with E-state index in [1.165, 1.54) is 10.9 Å². The fourth-order valence-corrected chi connectivity index (χ4v) is 2.12. The predicted molar refractivity (Wildman–Crippen MR) is 73.2 cm³/mol. The van der Waals surface area contributed by atoms with Crippen LogP contribution in [-0.2, 0) is 4.74 Å². The molecule has 8 heteroatoms. The summed E-state index contributed by atoms with van der Waals surface area (Å²) in [6, 6.07) is 1.75. The van der Waals surface area contributed by atoms with Gasteiger partial charge in [-0.1, -0.05) is 0 Å². The Balaban J connectivity index is 2.00. The molecule has 0 amide bonds. The smallest absolute Gasteiger partial charge is 0.185 e. The van der Waals surface area contributed by atoms with Gasteiger partial charge in [-0.15, -0.1) is 0 Å². The number of rotatable bonds is 2. The third-order valence-electron chi connectivity index (χ3n) is 3.22. The van der Waals surface area contributed by atoms with Crippen LogP contribution < -0.4 is 16.4 Å². The maximum absolute atomic E-state index is 13.3. The van der Waals surface area contributed by atoms with Crippen molar-refractivity contribution < 1.29 is 9.13 Å². The van der Waals surface area contributed by atoms with Gasteiger partial charge >= 0.3 is 0 Å². The Morgan fingerprint density at radius 2 is 1.95 bits per heavy atom. The highest BCUT2D eigenvalue weighted by Crippen LogP contribution is 2.25. The Bertz CT molecular complexity index is 622. The SMILES string of the molecule is Nc1cnc(N2CCOCC2)cc1-n1ncc(F)c1N. The topological polar surface area (TPSA) is 95.2 Å². The van der Waals surface area contributed by atoms with Crippen LogP contribution in [0.3, 0.4) is 0 Å². The van der Waals surface area contributed by atoms with E-state index in [9.17, 15) is 4.39 Å². The average Bonchev–Trinajstić information content (AvgIpc) is 2.81. The van der Waals surface area contributed by atoms with Crippen molar-refractivity contribution in [3.05, 3.63) is 24.3 Å². The first-order valence-corrected chi connectivity index (χ1v) is 6.24. The second kappa shape index (κ2) is 4.97. The highest BCUT2D eigenvalue weighted by molar-refractivity contribution is 5.63. The molecule has 7 nitrogen and oxygen atoms in total. The summed E-state index contributed by atoms with van der Waals surface area (Å²) in [5, 5.41) is 3.90. The van der Waals surface area contributed by atoms with Crippen LogP contribution in [-0.4, -0.2) is 41.1 Å². The predicted octanol–water partition coefficient (Wildman–Crippen LogP) is 0.407. The Morgan fingerprint density at radius 3 is 2.60 bits per heavy atom. The number of nitrogens with two attached hydrogens (primary N) is 2. The zero-order chi connectivity index (χ0) is 14.1. The monoisotopic (exact) mass is 278 g/mol. The van der Waals surface area contributed by atoms with Gasteiger partial charge in [0.2, 0.25) is 0 Å².